The van der Waals surface area contributed by atoms with Crippen molar-refractivity contribution in [3.63, 3.8) is 0 Å². The molecule has 0 aliphatic heterocycles. The highest BCUT2D eigenvalue weighted by Crippen LogP contribution is 2.08. The molecule has 15 heavy (non-hydrogen) atoms. The van der Waals surface area contributed by atoms with Crippen molar-refractivity contribution in [3.8, 4) is 0 Å². The number of urea groups is 1. The SMILES string of the molecule is CC(CNC(=O)NC1CC=CC1)C(=O)O. The van der Waals surface area contributed by atoms with Gasteiger partial charge in [0.1, 0.15) is 0 Å². The second-order valence-electron chi connectivity index (χ2n) is 3.73. The van der Waals surface area contributed by atoms with Crippen molar-refractivity contribution in [2.24, 2.45) is 5.92 Å². The Kier molecular flexibility index (Phi) is 4.15. The largest absolute Gasteiger partial charge is 0.481 e. The quantitative estimate of drug-likeness (QED) is 0.601. The number of carboxylic acid groups (broad SMARTS) is 1. The first kappa shape index (κ1) is 11.6. The highest BCUT2D eigenvalue weighted by molar-refractivity contribution is 5.76. The smallest absolute Gasteiger partial charge is 0.315 e. The van der Waals surface area contributed by atoms with Gasteiger partial charge in [-0.1, -0.05) is 19.1 Å². The van der Waals surface area contributed by atoms with Crippen molar-refractivity contribution < 1.29 is 14.7 Å². The molecule has 1 unspecified atom stereocenters. The number of carbonyl (C=O) groups excluding carboxylic acids is 1. The fourth-order valence-electron chi connectivity index (χ4n) is 1.30. The van der Waals surface area contributed by atoms with E-state index >= 15 is 0 Å². The Balaban J connectivity index is 2.16. The molecule has 0 aromatic carbocycles. The van der Waals surface area contributed by atoms with E-state index in [1.54, 1.807) is 6.92 Å². The fourth-order valence-corrected chi connectivity index (χ4v) is 1.30. The van der Waals surface area contributed by atoms with E-state index in [-0.39, 0.29) is 18.6 Å². The maximum atomic E-state index is 11.3. The van der Waals surface area contributed by atoms with Crippen molar-refractivity contribution in [3.05, 3.63) is 12.2 Å². The van der Waals surface area contributed by atoms with E-state index in [9.17, 15) is 9.59 Å². The molecule has 1 atom stereocenters. The van der Waals surface area contributed by atoms with Crippen molar-refractivity contribution in [2.45, 2.75) is 25.8 Å². The summed E-state index contributed by atoms with van der Waals surface area (Å²) in [7, 11) is 0. The van der Waals surface area contributed by atoms with Crippen LogP contribution in [0, 0.1) is 5.92 Å². The zero-order valence-corrected chi connectivity index (χ0v) is 8.69. The molecule has 5 nitrogen and oxygen atoms in total. The second kappa shape index (κ2) is 5.38. The number of amides is 2. The Bertz CT molecular complexity index is 268. The van der Waals surface area contributed by atoms with Crippen LogP contribution in [0.15, 0.2) is 12.2 Å². The second-order valence-corrected chi connectivity index (χ2v) is 3.73. The molecular weight excluding hydrogens is 196 g/mol. The molecule has 2 amide bonds. The Morgan fingerprint density at radius 2 is 2.07 bits per heavy atom. The van der Waals surface area contributed by atoms with Crippen LogP contribution in [0.1, 0.15) is 19.8 Å². The van der Waals surface area contributed by atoms with Gasteiger partial charge in [-0.25, -0.2) is 4.79 Å². The van der Waals surface area contributed by atoms with E-state index in [1.807, 2.05) is 12.2 Å². The number of carbonyl (C=O) groups is 2. The molecule has 0 fully saturated rings. The predicted octanol–water partition coefficient (Wildman–Crippen LogP) is 0.725. The lowest BCUT2D eigenvalue weighted by Crippen LogP contribution is -2.43. The van der Waals surface area contributed by atoms with Gasteiger partial charge in [-0.2, -0.15) is 0 Å². The summed E-state index contributed by atoms with van der Waals surface area (Å²) < 4.78 is 0. The van der Waals surface area contributed by atoms with Crippen LogP contribution in [-0.2, 0) is 4.79 Å². The molecule has 0 saturated carbocycles. The number of aliphatic carboxylic acids is 1. The molecular formula is C10H16N2O3. The summed E-state index contributed by atoms with van der Waals surface area (Å²) in [5.41, 5.74) is 0. The van der Waals surface area contributed by atoms with Gasteiger partial charge in [0, 0.05) is 12.6 Å². The van der Waals surface area contributed by atoms with Crippen LogP contribution in [0.5, 0.6) is 0 Å². The van der Waals surface area contributed by atoms with E-state index in [2.05, 4.69) is 10.6 Å². The first-order valence-electron chi connectivity index (χ1n) is 5.01. The highest BCUT2D eigenvalue weighted by atomic mass is 16.4. The molecule has 0 aromatic rings. The third-order valence-electron chi connectivity index (χ3n) is 2.33. The Morgan fingerprint density at radius 1 is 1.47 bits per heavy atom. The monoisotopic (exact) mass is 212 g/mol. The minimum absolute atomic E-state index is 0.154. The minimum atomic E-state index is -0.905. The topological polar surface area (TPSA) is 78.4 Å². The van der Waals surface area contributed by atoms with Crippen molar-refractivity contribution in [1.29, 1.82) is 0 Å². The predicted molar refractivity (Wildman–Crippen MR) is 55.5 cm³/mol. The van der Waals surface area contributed by atoms with E-state index < -0.39 is 11.9 Å². The van der Waals surface area contributed by atoms with E-state index in [0.717, 1.165) is 12.8 Å². The summed E-state index contributed by atoms with van der Waals surface area (Å²) in [6.07, 6.45) is 5.74. The third-order valence-corrected chi connectivity index (χ3v) is 2.33. The fraction of sp³-hybridized carbons (Fsp3) is 0.600. The van der Waals surface area contributed by atoms with Crippen molar-refractivity contribution in [2.75, 3.05) is 6.54 Å². The van der Waals surface area contributed by atoms with Gasteiger partial charge < -0.3 is 15.7 Å². The van der Waals surface area contributed by atoms with Crippen LogP contribution >= 0.6 is 0 Å². The first-order valence-corrected chi connectivity index (χ1v) is 5.01. The van der Waals surface area contributed by atoms with E-state index in [1.165, 1.54) is 0 Å². The number of hydrogen-bond acceptors (Lipinski definition) is 2. The first-order chi connectivity index (χ1) is 7.09. The summed E-state index contributed by atoms with van der Waals surface area (Å²) in [4.78, 5) is 21.8. The van der Waals surface area contributed by atoms with Crippen LogP contribution in [0.4, 0.5) is 4.79 Å². The van der Waals surface area contributed by atoms with Crippen LogP contribution in [0.2, 0.25) is 0 Å². The van der Waals surface area contributed by atoms with Gasteiger partial charge >= 0.3 is 12.0 Å². The Labute approximate surface area is 88.5 Å². The number of carboxylic acids is 1. The van der Waals surface area contributed by atoms with Gasteiger partial charge in [-0.15, -0.1) is 0 Å². The molecule has 0 bridgehead atoms. The van der Waals surface area contributed by atoms with Crippen molar-refractivity contribution in [1.82, 2.24) is 10.6 Å². The maximum absolute atomic E-state index is 11.3. The van der Waals surface area contributed by atoms with Crippen LogP contribution in [0.3, 0.4) is 0 Å². The average molecular weight is 212 g/mol. The lowest BCUT2D eigenvalue weighted by atomic mass is 10.2. The summed E-state index contributed by atoms with van der Waals surface area (Å²) >= 11 is 0. The normalized spacial score (nSPS) is 17.4. The molecule has 5 heteroatoms. The van der Waals surface area contributed by atoms with E-state index in [4.69, 9.17) is 5.11 Å². The van der Waals surface area contributed by atoms with Crippen LogP contribution in [-0.4, -0.2) is 29.7 Å². The van der Waals surface area contributed by atoms with Gasteiger partial charge in [-0.05, 0) is 12.8 Å². The van der Waals surface area contributed by atoms with E-state index in [0.29, 0.717) is 0 Å². The van der Waals surface area contributed by atoms with Gasteiger partial charge in [0.15, 0.2) is 0 Å². The molecule has 1 aliphatic rings. The third kappa shape index (κ3) is 4.01. The molecule has 0 heterocycles. The lowest BCUT2D eigenvalue weighted by Gasteiger charge is -2.14. The van der Waals surface area contributed by atoms with Gasteiger partial charge in [-0.3, -0.25) is 4.79 Å². The Morgan fingerprint density at radius 3 is 2.60 bits per heavy atom. The standard InChI is InChI=1S/C10H16N2O3/c1-7(9(13)14)6-11-10(15)12-8-4-2-3-5-8/h2-3,7-8H,4-6H2,1H3,(H,13,14)(H2,11,12,15). The average Bonchev–Trinajstić information content (AvgIpc) is 2.66. The van der Waals surface area contributed by atoms with Crippen LogP contribution < -0.4 is 10.6 Å². The van der Waals surface area contributed by atoms with Crippen LogP contribution in [0.25, 0.3) is 0 Å². The molecule has 0 radical (unpaired) electrons. The molecule has 84 valence electrons. The molecule has 1 rings (SSSR count). The lowest BCUT2D eigenvalue weighted by molar-refractivity contribution is -0.140. The summed E-state index contributed by atoms with van der Waals surface area (Å²) in [6, 6.07) is -0.137. The Hall–Kier alpha value is -1.52. The van der Waals surface area contributed by atoms with Gasteiger partial charge in [0.25, 0.3) is 0 Å². The zero-order chi connectivity index (χ0) is 11.3. The summed E-state index contributed by atoms with van der Waals surface area (Å²) in [5, 5.41) is 13.9. The number of hydrogen-bond donors (Lipinski definition) is 3. The zero-order valence-electron chi connectivity index (χ0n) is 8.69. The minimum Gasteiger partial charge on any atom is -0.481 e. The molecule has 1 aliphatic carbocycles. The number of rotatable bonds is 4. The van der Waals surface area contributed by atoms with Gasteiger partial charge in [0.05, 0.1) is 5.92 Å². The highest BCUT2D eigenvalue weighted by Gasteiger charge is 2.15. The summed E-state index contributed by atoms with van der Waals surface area (Å²) in [6.45, 7) is 1.71. The summed E-state index contributed by atoms with van der Waals surface area (Å²) in [5.74, 6) is -1.46. The number of nitrogens with one attached hydrogen (secondary N) is 2. The molecule has 3 N–H and O–H groups in total. The molecule has 0 saturated heterocycles. The van der Waals surface area contributed by atoms with Gasteiger partial charge in [0.2, 0.25) is 0 Å². The van der Waals surface area contributed by atoms with Crippen molar-refractivity contribution >= 4 is 12.0 Å². The molecule has 0 aromatic heterocycles. The molecule has 0 spiro atoms. The maximum Gasteiger partial charge on any atom is 0.315 e.